The van der Waals surface area contributed by atoms with Gasteiger partial charge in [0.25, 0.3) is 0 Å². The van der Waals surface area contributed by atoms with Gasteiger partial charge in [0.15, 0.2) is 0 Å². The zero-order valence-corrected chi connectivity index (χ0v) is 12.0. The fourth-order valence-corrected chi connectivity index (χ4v) is 2.38. The highest BCUT2D eigenvalue weighted by molar-refractivity contribution is 7.99. The van der Waals surface area contributed by atoms with Crippen molar-refractivity contribution >= 4 is 35.2 Å². The van der Waals surface area contributed by atoms with Gasteiger partial charge in [-0.2, -0.15) is 11.8 Å². The lowest BCUT2D eigenvalue weighted by Gasteiger charge is -2.05. The average molecular weight is 302 g/mol. The number of hydrogen-bond acceptors (Lipinski definition) is 3. The Bertz CT molecular complexity index is 440. The first-order valence-electron chi connectivity index (χ1n) is 5.88. The molecule has 1 rings (SSSR count). The van der Waals surface area contributed by atoms with Gasteiger partial charge in [0, 0.05) is 17.3 Å². The van der Waals surface area contributed by atoms with Crippen LogP contribution in [0.4, 0.5) is 0 Å². The molecular weight excluding hydrogens is 286 g/mol. The number of amides is 1. The predicted molar refractivity (Wildman–Crippen MR) is 77.7 cm³/mol. The van der Waals surface area contributed by atoms with Crippen molar-refractivity contribution < 1.29 is 14.7 Å². The van der Waals surface area contributed by atoms with Crippen LogP contribution in [0.2, 0.25) is 5.02 Å². The number of thioether (sulfide) groups is 1. The molecule has 0 fully saturated rings. The molecule has 6 heteroatoms. The summed E-state index contributed by atoms with van der Waals surface area (Å²) in [5, 5.41) is 11.9. The summed E-state index contributed by atoms with van der Waals surface area (Å²) in [7, 11) is 0. The zero-order chi connectivity index (χ0) is 14.1. The second-order valence-electron chi connectivity index (χ2n) is 3.93. The van der Waals surface area contributed by atoms with Gasteiger partial charge in [-0.3, -0.25) is 9.59 Å². The van der Waals surface area contributed by atoms with E-state index < -0.39 is 5.97 Å². The Kier molecular flexibility index (Phi) is 7.36. The van der Waals surface area contributed by atoms with Crippen LogP contribution in [0.3, 0.4) is 0 Å². The van der Waals surface area contributed by atoms with Gasteiger partial charge in [-0.05, 0) is 24.1 Å². The lowest BCUT2D eigenvalue weighted by atomic mass is 10.1. The maximum atomic E-state index is 11.4. The molecule has 0 bridgehead atoms. The van der Waals surface area contributed by atoms with Crippen molar-refractivity contribution in [3.63, 3.8) is 0 Å². The van der Waals surface area contributed by atoms with E-state index in [2.05, 4.69) is 5.32 Å². The molecule has 0 saturated heterocycles. The number of halogens is 1. The molecule has 0 aliphatic heterocycles. The van der Waals surface area contributed by atoms with Crippen LogP contribution in [0, 0.1) is 0 Å². The number of carbonyl (C=O) groups is 2. The van der Waals surface area contributed by atoms with Crippen LogP contribution >= 0.6 is 23.4 Å². The Hall–Kier alpha value is -1.20. The quantitative estimate of drug-likeness (QED) is 0.723. The van der Waals surface area contributed by atoms with E-state index in [1.807, 2.05) is 24.3 Å². The third-order valence-electron chi connectivity index (χ3n) is 2.32. The third-order valence-corrected chi connectivity index (χ3v) is 3.51. The molecule has 0 aromatic heterocycles. The predicted octanol–water partition coefficient (Wildman–Crippen LogP) is 2.21. The first kappa shape index (κ1) is 15.9. The van der Waals surface area contributed by atoms with Crippen molar-refractivity contribution in [2.45, 2.75) is 12.8 Å². The van der Waals surface area contributed by atoms with Gasteiger partial charge >= 0.3 is 5.97 Å². The van der Waals surface area contributed by atoms with Crippen LogP contribution < -0.4 is 5.32 Å². The Balaban J connectivity index is 2.12. The van der Waals surface area contributed by atoms with Crippen LogP contribution in [0.15, 0.2) is 24.3 Å². The molecule has 104 valence electrons. The first-order chi connectivity index (χ1) is 9.08. The van der Waals surface area contributed by atoms with Crippen molar-refractivity contribution in [3.8, 4) is 0 Å². The lowest BCUT2D eigenvalue weighted by Crippen LogP contribution is -2.27. The Morgan fingerprint density at radius 2 is 2.16 bits per heavy atom. The third kappa shape index (κ3) is 7.74. The van der Waals surface area contributed by atoms with E-state index in [-0.39, 0.29) is 12.3 Å². The molecule has 4 nitrogen and oxygen atoms in total. The molecule has 0 heterocycles. The molecule has 0 radical (unpaired) electrons. The summed E-state index contributed by atoms with van der Waals surface area (Å²) in [6.07, 6.45) is 0.812. The minimum absolute atomic E-state index is 0.0718. The number of carbonyl (C=O) groups excluding carboxylic acids is 1. The maximum absolute atomic E-state index is 11.4. The van der Waals surface area contributed by atoms with Crippen molar-refractivity contribution in [3.05, 3.63) is 34.9 Å². The average Bonchev–Trinajstić information content (AvgIpc) is 2.34. The Morgan fingerprint density at radius 3 is 2.84 bits per heavy atom. The van der Waals surface area contributed by atoms with E-state index in [9.17, 15) is 9.59 Å². The summed E-state index contributed by atoms with van der Waals surface area (Å²) in [5.74, 6) is -0.161. The van der Waals surface area contributed by atoms with Crippen LogP contribution in [-0.4, -0.2) is 35.0 Å². The summed E-state index contributed by atoms with van der Waals surface area (Å²) in [6.45, 7) is 0.554. The van der Waals surface area contributed by atoms with Crippen molar-refractivity contribution in [1.82, 2.24) is 5.32 Å². The van der Waals surface area contributed by atoms with E-state index in [1.54, 1.807) is 0 Å². The fraction of sp³-hybridized carbons (Fsp3) is 0.385. The van der Waals surface area contributed by atoms with Crippen molar-refractivity contribution in [1.29, 1.82) is 0 Å². The lowest BCUT2D eigenvalue weighted by molar-refractivity contribution is -0.136. The highest BCUT2D eigenvalue weighted by Crippen LogP contribution is 2.10. The van der Waals surface area contributed by atoms with Gasteiger partial charge in [0.05, 0.1) is 12.2 Å². The van der Waals surface area contributed by atoms with E-state index in [1.165, 1.54) is 11.8 Å². The molecule has 0 spiro atoms. The molecule has 1 aromatic rings. The molecule has 1 aromatic carbocycles. The largest absolute Gasteiger partial charge is 0.481 e. The second kappa shape index (κ2) is 8.82. The second-order valence-corrected chi connectivity index (χ2v) is 5.47. The fourth-order valence-electron chi connectivity index (χ4n) is 1.41. The molecule has 0 saturated carbocycles. The van der Waals surface area contributed by atoms with Gasteiger partial charge in [-0.15, -0.1) is 0 Å². The first-order valence-corrected chi connectivity index (χ1v) is 7.42. The Labute approximate surface area is 121 Å². The number of nitrogens with one attached hydrogen (secondary N) is 1. The highest BCUT2D eigenvalue weighted by Gasteiger charge is 2.03. The SMILES string of the molecule is O=C(O)CCSCC(=O)NCCc1cccc(Cl)c1. The van der Waals surface area contributed by atoms with Crippen molar-refractivity contribution in [2.24, 2.45) is 0 Å². The van der Waals surface area contributed by atoms with Gasteiger partial charge in [-0.25, -0.2) is 0 Å². The van der Waals surface area contributed by atoms with Gasteiger partial charge in [-0.1, -0.05) is 23.7 Å². The van der Waals surface area contributed by atoms with Crippen LogP contribution in [0.1, 0.15) is 12.0 Å². The van der Waals surface area contributed by atoms with Gasteiger partial charge in [0.1, 0.15) is 0 Å². The van der Waals surface area contributed by atoms with Gasteiger partial charge in [0.2, 0.25) is 5.91 Å². The molecular formula is C13H16ClNO3S. The summed E-state index contributed by atoms with van der Waals surface area (Å²) < 4.78 is 0. The molecule has 0 atom stereocenters. The molecule has 1 amide bonds. The monoisotopic (exact) mass is 301 g/mol. The topological polar surface area (TPSA) is 66.4 Å². The molecule has 0 unspecified atom stereocenters. The molecule has 2 N–H and O–H groups in total. The van der Waals surface area contributed by atoms with E-state index in [0.717, 1.165) is 12.0 Å². The number of carboxylic acids is 1. The smallest absolute Gasteiger partial charge is 0.304 e. The normalized spacial score (nSPS) is 10.2. The number of hydrogen-bond donors (Lipinski definition) is 2. The van der Waals surface area contributed by atoms with E-state index >= 15 is 0 Å². The summed E-state index contributed by atoms with van der Waals surface area (Å²) in [5.41, 5.74) is 1.08. The van der Waals surface area contributed by atoms with Crippen LogP contribution in [0.5, 0.6) is 0 Å². The minimum Gasteiger partial charge on any atom is -0.481 e. The Morgan fingerprint density at radius 1 is 1.37 bits per heavy atom. The summed E-state index contributed by atoms with van der Waals surface area (Å²) in [6, 6.07) is 7.51. The van der Waals surface area contributed by atoms with Crippen molar-refractivity contribution in [2.75, 3.05) is 18.1 Å². The molecule has 0 aliphatic rings. The molecule has 0 aliphatic carbocycles. The molecule has 19 heavy (non-hydrogen) atoms. The standard InChI is InChI=1S/C13H16ClNO3S/c14-11-3-1-2-10(8-11)4-6-15-12(16)9-19-7-5-13(17)18/h1-3,8H,4-7,9H2,(H,15,16)(H,17,18). The summed E-state index contributed by atoms with van der Waals surface area (Å²) >= 11 is 7.18. The van der Waals surface area contributed by atoms with Crippen LogP contribution in [-0.2, 0) is 16.0 Å². The number of rotatable bonds is 8. The summed E-state index contributed by atoms with van der Waals surface area (Å²) in [4.78, 5) is 21.7. The maximum Gasteiger partial charge on any atom is 0.304 e. The van der Waals surface area contributed by atoms with Crippen LogP contribution in [0.25, 0.3) is 0 Å². The number of benzene rings is 1. The zero-order valence-electron chi connectivity index (χ0n) is 10.4. The van der Waals surface area contributed by atoms with Gasteiger partial charge < -0.3 is 10.4 Å². The van der Waals surface area contributed by atoms with E-state index in [0.29, 0.717) is 23.1 Å². The minimum atomic E-state index is -0.839. The number of carboxylic acid groups (broad SMARTS) is 1. The highest BCUT2D eigenvalue weighted by atomic mass is 35.5. The number of aliphatic carboxylic acids is 1. The van der Waals surface area contributed by atoms with E-state index in [4.69, 9.17) is 16.7 Å².